The first-order chi connectivity index (χ1) is 13.4. The molecule has 0 bridgehead atoms. The Bertz CT molecular complexity index is 734. The zero-order chi connectivity index (χ0) is 20.5. The van der Waals surface area contributed by atoms with E-state index >= 15 is 0 Å². The molecule has 0 radical (unpaired) electrons. The highest BCUT2D eigenvalue weighted by Gasteiger charge is 2.17. The average Bonchev–Trinajstić information content (AvgIpc) is 3.19. The van der Waals surface area contributed by atoms with Gasteiger partial charge in [0.1, 0.15) is 25.5 Å². The summed E-state index contributed by atoms with van der Waals surface area (Å²) in [4.78, 5) is 28.9. The lowest BCUT2D eigenvalue weighted by atomic mass is 10.3. The Labute approximate surface area is 162 Å². The van der Waals surface area contributed by atoms with Crippen molar-refractivity contribution in [3.05, 3.63) is 44.3 Å². The molecule has 2 heterocycles. The number of nitro groups is 2. The Balaban J connectivity index is 1.54. The molecule has 0 aliphatic heterocycles. The van der Waals surface area contributed by atoms with Crippen LogP contribution in [0.25, 0.3) is 0 Å². The molecule has 0 aliphatic rings. The fraction of sp³-hybridized carbons (Fsp3) is 0.625. The van der Waals surface area contributed by atoms with E-state index in [0.29, 0.717) is 37.8 Å². The zero-order valence-corrected chi connectivity index (χ0v) is 16.1. The molecule has 0 fully saturated rings. The molecule has 2 aromatic heterocycles. The van der Waals surface area contributed by atoms with Crippen LogP contribution in [0.4, 0.5) is 11.6 Å². The first-order valence-corrected chi connectivity index (χ1v) is 9.16. The molecule has 28 heavy (non-hydrogen) atoms. The van der Waals surface area contributed by atoms with Crippen molar-refractivity contribution in [2.75, 3.05) is 26.2 Å². The lowest BCUT2D eigenvalue weighted by Crippen LogP contribution is -2.24. The van der Waals surface area contributed by atoms with Crippen molar-refractivity contribution >= 4 is 11.6 Å². The number of imidazole rings is 2. The molecule has 154 valence electrons. The summed E-state index contributed by atoms with van der Waals surface area (Å²) in [6.45, 7) is 7.40. The maximum atomic E-state index is 10.9. The van der Waals surface area contributed by atoms with Gasteiger partial charge in [-0.05, 0) is 35.8 Å². The van der Waals surface area contributed by atoms with E-state index in [1.807, 2.05) is 0 Å². The quantitative estimate of drug-likeness (QED) is 0.292. The first kappa shape index (κ1) is 21.4. The number of nitrogens with zero attached hydrogens (tertiary/aromatic N) is 6. The number of aromatic nitrogens is 4. The molecule has 12 heteroatoms. The molecule has 0 aliphatic carbocycles. The van der Waals surface area contributed by atoms with Gasteiger partial charge in [0.15, 0.2) is 11.6 Å². The highest BCUT2D eigenvalue weighted by molar-refractivity contribution is 5.19. The smallest absolute Gasteiger partial charge is 0.342 e. The topological polar surface area (TPSA) is 146 Å². The Morgan fingerprint density at radius 1 is 0.821 bits per heavy atom. The van der Waals surface area contributed by atoms with E-state index in [1.165, 1.54) is 12.4 Å². The Hall–Kier alpha value is -2.86. The van der Waals surface area contributed by atoms with Gasteiger partial charge in [0, 0.05) is 26.9 Å². The minimum atomic E-state index is -0.425. The molecule has 0 atom stereocenters. The van der Waals surface area contributed by atoms with Crippen molar-refractivity contribution in [1.29, 1.82) is 0 Å². The van der Waals surface area contributed by atoms with Gasteiger partial charge in [0.05, 0.1) is 0 Å². The van der Waals surface area contributed by atoms with Crippen LogP contribution in [0.5, 0.6) is 0 Å². The van der Waals surface area contributed by atoms with Gasteiger partial charge in [-0.1, -0.05) is 0 Å². The SMILES string of the molecule is Cc1ncc([N+](=O)[O-])n1CCNCCCCNCCn1c([N+](=O)[O-])cnc1C. The Morgan fingerprint density at radius 2 is 1.21 bits per heavy atom. The molecule has 0 aromatic carbocycles. The predicted octanol–water partition coefficient (Wildman–Crippen LogP) is 1.17. The summed E-state index contributed by atoms with van der Waals surface area (Å²) in [5, 5.41) is 28.4. The first-order valence-electron chi connectivity index (χ1n) is 9.16. The van der Waals surface area contributed by atoms with Crippen LogP contribution in [0, 0.1) is 34.1 Å². The lowest BCUT2D eigenvalue weighted by Gasteiger charge is -2.07. The van der Waals surface area contributed by atoms with E-state index in [2.05, 4.69) is 20.6 Å². The summed E-state index contributed by atoms with van der Waals surface area (Å²) in [6.07, 6.45) is 4.48. The number of hydrogen-bond donors (Lipinski definition) is 2. The highest BCUT2D eigenvalue weighted by Crippen LogP contribution is 2.13. The molecule has 2 rings (SSSR count). The fourth-order valence-corrected chi connectivity index (χ4v) is 2.89. The molecule has 2 aromatic rings. The van der Waals surface area contributed by atoms with E-state index in [4.69, 9.17) is 0 Å². The number of rotatable bonds is 13. The molecule has 0 saturated carbocycles. The fourth-order valence-electron chi connectivity index (χ4n) is 2.89. The maximum absolute atomic E-state index is 10.9. The summed E-state index contributed by atoms with van der Waals surface area (Å²) in [5.41, 5.74) is 0. The van der Waals surface area contributed by atoms with Gasteiger partial charge in [-0.2, -0.15) is 0 Å². The summed E-state index contributed by atoms with van der Waals surface area (Å²) in [7, 11) is 0. The summed E-state index contributed by atoms with van der Waals surface area (Å²) >= 11 is 0. The van der Waals surface area contributed by atoms with Crippen LogP contribution in [0.3, 0.4) is 0 Å². The summed E-state index contributed by atoms with van der Waals surface area (Å²) in [5.74, 6) is 1.28. The zero-order valence-electron chi connectivity index (χ0n) is 16.1. The molecule has 2 N–H and O–H groups in total. The van der Waals surface area contributed by atoms with Crippen molar-refractivity contribution in [1.82, 2.24) is 29.7 Å². The lowest BCUT2D eigenvalue weighted by molar-refractivity contribution is -0.392. The van der Waals surface area contributed by atoms with Crippen molar-refractivity contribution in [2.24, 2.45) is 0 Å². The number of nitrogens with one attached hydrogen (secondary N) is 2. The second-order valence-electron chi connectivity index (χ2n) is 6.35. The second-order valence-corrected chi connectivity index (χ2v) is 6.35. The minimum absolute atomic E-state index is 0.0110. The number of aryl methyl sites for hydroxylation is 2. The molecular formula is C16H26N8O4. The number of hydrogen-bond acceptors (Lipinski definition) is 8. The Morgan fingerprint density at radius 3 is 1.57 bits per heavy atom. The maximum Gasteiger partial charge on any atom is 0.342 e. The largest absolute Gasteiger partial charge is 0.358 e. The van der Waals surface area contributed by atoms with Crippen LogP contribution in [0.15, 0.2) is 12.4 Å². The van der Waals surface area contributed by atoms with E-state index in [1.54, 1.807) is 23.0 Å². The molecule has 0 amide bonds. The van der Waals surface area contributed by atoms with E-state index in [-0.39, 0.29) is 11.6 Å². The summed E-state index contributed by atoms with van der Waals surface area (Å²) in [6, 6.07) is 0. The van der Waals surface area contributed by atoms with Crippen LogP contribution in [-0.2, 0) is 13.1 Å². The van der Waals surface area contributed by atoms with Crippen molar-refractivity contribution in [3.8, 4) is 0 Å². The van der Waals surface area contributed by atoms with Crippen LogP contribution in [-0.4, -0.2) is 55.1 Å². The molecule has 0 saturated heterocycles. The van der Waals surface area contributed by atoms with Crippen LogP contribution in [0.2, 0.25) is 0 Å². The van der Waals surface area contributed by atoms with Gasteiger partial charge < -0.3 is 30.9 Å². The molecule has 12 nitrogen and oxygen atoms in total. The van der Waals surface area contributed by atoms with E-state index < -0.39 is 9.85 Å². The minimum Gasteiger partial charge on any atom is -0.358 e. The van der Waals surface area contributed by atoms with Crippen LogP contribution < -0.4 is 10.6 Å². The van der Waals surface area contributed by atoms with Gasteiger partial charge in [0.25, 0.3) is 0 Å². The molecule has 0 unspecified atom stereocenters. The van der Waals surface area contributed by atoms with Gasteiger partial charge in [0.2, 0.25) is 0 Å². The third kappa shape index (κ3) is 5.82. The van der Waals surface area contributed by atoms with Crippen molar-refractivity contribution < 1.29 is 9.85 Å². The van der Waals surface area contributed by atoms with Crippen LogP contribution in [0.1, 0.15) is 24.5 Å². The normalized spacial score (nSPS) is 11.1. The third-order valence-electron chi connectivity index (χ3n) is 4.42. The standard InChI is InChI=1S/C16H26N8O4/c1-13-19-11-15(23(25)26)21(13)9-7-17-5-3-4-6-18-8-10-22-14(2)20-12-16(22)24(27)28/h11-12,17-18H,3-10H2,1-2H3. The molecule has 0 spiro atoms. The van der Waals surface area contributed by atoms with Crippen molar-refractivity contribution in [3.63, 3.8) is 0 Å². The van der Waals surface area contributed by atoms with Gasteiger partial charge in [-0.3, -0.25) is 0 Å². The third-order valence-corrected chi connectivity index (χ3v) is 4.42. The van der Waals surface area contributed by atoms with Gasteiger partial charge in [-0.15, -0.1) is 0 Å². The van der Waals surface area contributed by atoms with E-state index in [9.17, 15) is 20.2 Å². The summed E-state index contributed by atoms with van der Waals surface area (Å²) < 4.78 is 3.18. The second kappa shape index (κ2) is 10.5. The Kier molecular flexibility index (Phi) is 8.02. The predicted molar refractivity (Wildman–Crippen MR) is 102 cm³/mol. The molecular weight excluding hydrogens is 368 g/mol. The van der Waals surface area contributed by atoms with Gasteiger partial charge >= 0.3 is 11.6 Å². The average molecular weight is 394 g/mol. The van der Waals surface area contributed by atoms with Gasteiger partial charge in [-0.25, -0.2) is 19.1 Å². The number of unbranched alkanes of at least 4 members (excludes halogenated alkanes) is 1. The van der Waals surface area contributed by atoms with Crippen molar-refractivity contribution in [2.45, 2.75) is 39.8 Å². The highest BCUT2D eigenvalue weighted by atomic mass is 16.6. The van der Waals surface area contributed by atoms with E-state index in [0.717, 1.165) is 25.9 Å². The van der Waals surface area contributed by atoms with Crippen LogP contribution >= 0.6 is 0 Å². The monoisotopic (exact) mass is 394 g/mol.